The van der Waals surface area contributed by atoms with Crippen LogP contribution in [0.3, 0.4) is 0 Å². The molecule has 1 aliphatic rings. The van der Waals surface area contributed by atoms with Gasteiger partial charge in [0.1, 0.15) is 5.76 Å². The van der Waals surface area contributed by atoms with Crippen LogP contribution in [0.1, 0.15) is 55.0 Å². The van der Waals surface area contributed by atoms with Gasteiger partial charge < -0.3 is 9.73 Å². The molecule has 0 spiro atoms. The van der Waals surface area contributed by atoms with Crippen molar-refractivity contribution >= 4 is 15.9 Å². The van der Waals surface area contributed by atoms with Crippen molar-refractivity contribution in [1.82, 2.24) is 5.32 Å². The smallest absolute Gasteiger partial charge is 0.169 e. The van der Waals surface area contributed by atoms with Gasteiger partial charge in [0.2, 0.25) is 0 Å². The minimum atomic E-state index is 0.142. The van der Waals surface area contributed by atoms with E-state index in [1.165, 1.54) is 30.4 Å². The molecule has 0 radical (unpaired) electrons. The first-order chi connectivity index (χ1) is 9.79. The van der Waals surface area contributed by atoms with Crippen LogP contribution in [0.4, 0.5) is 0 Å². The summed E-state index contributed by atoms with van der Waals surface area (Å²) in [6.07, 6.45) is 3.99. The van der Waals surface area contributed by atoms with Crippen LogP contribution in [0, 0.1) is 0 Å². The van der Waals surface area contributed by atoms with Gasteiger partial charge in [0.15, 0.2) is 4.67 Å². The van der Waals surface area contributed by atoms with Crippen LogP contribution in [0.25, 0.3) is 0 Å². The van der Waals surface area contributed by atoms with E-state index in [1.54, 1.807) is 0 Å². The van der Waals surface area contributed by atoms with Crippen molar-refractivity contribution in [2.75, 3.05) is 6.54 Å². The third-order valence-electron chi connectivity index (χ3n) is 4.14. The maximum absolute atomic E-state index is 5.79. The Bertz CT molecular complexity index is 574. The summed E-state index contributed by atoms with van der Waals surface area (Å²) in [5.74, 6) is 1.70. The minimum absolute atomic E-state index is 0.142. The van der Waals surface area contributed by atoms with Crippen LogP contribution >= 0.6 is 15.9 Å². The molecule has 3 rings (SSSR count). The van der Waals surface area contributed by atoms with E-state index in [1.807, 2.05) is 6.07 Å². The molecule has 2 aromatic rings. The second-order valence-corrected chi connectivity index (χ2v) is 6.17. The third-order valence-corrected chi connectivity index (χ3v) is 4.56. The molecule has 1 N–H and O–H groups in total. The van der Waals surface area contributed by atoms with E-state index in [4.69, 9.17) is 4.42 Å². The normalized spacial score (nSPS) is 16.9. The standard InChI is InChI=1S/C17H20BrNO/c1-2-19-17(15-10-11-16(18)20-15)14-9-4-3-8-13(14)12-6-5-7-12/h3-4,8-12,17,19H,2,5-7H2,1H3. The lowest BCUT2D eigenvalue weighted by Crippen LogP contribution is -2.24. The van der Waals surface area contributed by atoms with E-state index in [0.29, 0.717) is 0 Å². The van der Waals surface area contributed by atoms with Gasteiger partial charge >= 0.3 is 0 Å². The molecule has 0 saturated heterocycles. The molecule has 106 valence electrons. The fourth-order valence-electron chi connectivity index (χ4n) is 2.92. The lowest BCUT2D eigenvalue weighted by molar-refractivity contribution is 0.404. The molecule has 20 heavy (non-hydrogen) atoms. The number of benzene rings is 1. The Labute approximate surface area is 128 Å². The van der Waals surface area contributed by atoms with Crippen molar-refractivity contribution in [3.05, 3.63) is 58.0 Å². The van der Waals surface area contributed by atoms with Gasteiger partial charge in [0.05, 0.1) is 6.04 Å². The highest BCUT2D eigenvalue weighted by atomic mass is 79.9. The van der Waals surface area contributed by atoms with Crippen molar-refractivity contribution < 1.29 is 4.42 Å². The first-order valence-corrected chi connectivity index (χ1v) is 8.16. The van der Waals surface area contributed by atoms with Crippen molar-refractivity contribution in [2.45, 2.75) is 38.1 Å². The summed E-state index contributed by atoms with van der Waals surface area (Å²) >= 11 is 3.40. The molecular weight excluding hydrogens is 314 g/mol. The van der Waals surface area contributed by atoms with E-state index in [0.717, 1.165) is 22.9 Å². The van der Waals surface area contributed by atoms with Gasteiger partial charge in [-0.1, -0.05) is 37.6 Å². The Morgan fingerprint density at radius 1 is 1.25 bits per heavy atom. The molecule has 0 amide bonds. The van der Waals surface area contributed by atoms with Gasteiger partial charge in [-0.2, -0.15) is 0 Å². The lowest BCUT2D eigenvalue weighted by atomic mass is 9.77. The first kappa shape index (κ1) is 13.9. The van der Waals surface area contributed by atoms with Gasteiger partial charge in [-0.15, -0.1) is 0 Å². The number of rotatable bonds is 5. The average molecular weight is 334 g/mol. The molecule has 3 heteroatoms. The van der Waals surface area contributed by atoms with E-state index in [2.05, 4.69) is 58.5 Å². The minimum Gasteiger partial charge on any atom is -0.452 e. The maximum Gasteiger partial charge on any atom is 0.169 e. The molecule has 0 aliphatic heterocycles. The zero-order chi connectivity index (χ0) is 13.9. The Kier molecular flexibility index (Phi) is 4.27. The van der Waals surface area contributed by atoms with Crippen molar-refractivity contribution in [3.8, 4) is 0 Å². The summed E-state index contributed by atoms with van der Waals surface area (Å²) in [6.45, 7) is 3.05. The molecule has 1 atom stereocenters. The van der Waals surface area contributed by atoms with Crippen LogP contribution in [-0.4, -0.2) is 6.54 Å². The number of halogens is 1. The number of nitrogens with one attached hydrogen (secondary N) is 1. The third kappa shape index (κ3) is 2.70. The van der Waals surface area contributed by atoms with Gasteiger partial charge in [-0.25, -0.2) is 0 Å². The fraction of sp³-hybridized carbons (Fsp3) is 0.412. The molecule has 1 aromatic carbocycles. The predicted octanol–water partition coefficient (Wildman–Crippen LogP) is 5.01. The Balaban J connectivity index is 1.98. The van der Waals surface area contributed by atoms with Gasteiger partial charge in [-0.3, -0.25) is 0 Å². The molecular formula is C17H20BrNO. The van der Waals surface area contributed by atoms with E-state index >= 15 is 0 Å². The van der Waals surface area contributed by atoms with Gasteiger partial charge in [0, 0.05) is 0 Å². The molecule has 1 aliphatic carbocycles. The molecule has 1 aromatic heterocycles. The summed E-state index contributed by atoms with van der Waals surface area (Å²) in [4.78, 5) is 0. The Morgan fingerprint density at radius 2 is 2.05 bits per heavy atom. The summed E-state index contributed by atoms with van der Waals surface area (Å²) in [6, 6.07) is 12.9. The zero-order valence-corrected chi connectivity index (χ0v) is 13.3. The SMILES string of the molecule is CCNC(c1ccc(Br)o1)c1ccccc1C1CCC1. The molecule has 2 nitrogen and oxygen atoms in total. The van der Waals surface area contributed by atoms with Crippen LogP contribution in [0.15, 0.2) is 45.5 Å². The monoisotopic (exact) mass is 333 g/mol. The Morgan fingerprint density at radius 3 is 2.65 bits per heavy atom. The average Bonchev–Trinajstić information content (AvgIpc) is 2.81. The highest BCUT2D eigenvalue weighted by Crippen LogP contribution is 2.40. The highest BCUT2D eigenvalue weighted by Gasteiger charge is 2.26. The Hall–Kier alpha value is -1.06. The quantitative estimate of drug-likeness (QED) is 0.832. The number of hydrogen-bond donors (Lipinski definition) is 1. The number of hydrogen-bond acceptors (Lipinski definition) is 2. The van der Waals surface area contributed by atoms with Crippen molar-refractivity contribution in [2.24, 2.45) is 0 Å². The van der Waals surface area contributed by atoms with Crippen LogP contribution in [0.2, 0.25) is 0 Å². The molecule has 1 saturated carbocycles. The lowest BCUT2D eigenvalue weighted by Gasteiger charge is -2.30. The second kappa shape index (κ2) is 6.15. The summed E-state index contributed by atoms with van der Waals surface area (Å²) in [7, 11) is 0. The summed E-state index contributed by atoms with van der Waals surface area (Å²) in [5.41, 5.74) is 2.85. The van der Waals surface area contributed by atoms with Gasteiger partial charge in [-0.05, 0) is 64.5 Å². The zero-order valence-electron chi connectivity index (χ0n) is 11.7. The highest BCUT2D eigenvalue weighted by molar-refractivity contribution is 9.10. The van der Waals surface area contributed by atoms with E-state index in [9.17, 15) is 0 Å². The van der Waals surface area contributed by atoms with Crippen LogP contribution in [0.5, 0.6) is 0 Å². The fourth-order valence-corrected chi connectivity index (χ4v) is 3.24. The summed E-state index contributed by atoms with van der Waals surface area (Å²) in [5, 5.41) is 3.56. The largest absolute Gasteiger partial charge is 0.452 e. The topological polar surface area (TPSA) is 25.2 Å². The van der Waals surface area contributed by atoms with E-state index < -0.39 is 0 Å². The van der Waals surface area contributed by atoms with Crippen LogP contribution in [-0.2, 0) is 0 Å². The maximum atomic E-state index is 5.79. The van der Waals surface area contributed by atoms with Gasteiger partial charge in [0.25, 0.3) is 0 Å². The summed E-state index contributed by atoms with van der Waals surface area (Å²) < 4.78 is 6.58. The molecule has 1 unspecified atom stereocenters. The molecule has 0 bridgehead atoms. The van der Waals surface area contributed by atoms with Crippen molar-refractivity contribution in [1.29, 1.82) is 0 Å². The second-order valence-electron chi connectivity index (χ2n) is 5.39. The first-order valence-electron chi connectivity index (χ1n) is 7.37. The van der Waals surface area contributed by atoms with Crippen molar-refractivity contribution in [3.63, 3.8) is 0 Å². The van der Waals surface area contributed by atoms with Crippen LogP contribution < -0.4 is 5.32 Å². The number of furan rings is 1. The van der Waals surface area contributed by atoms with E-state index in [-0.39, 0.29) is 6.04 Å². The molecule has 1 fully saturated rings. The predicted molar refractivity (Wildman–Crippen MR) is 85.0 cm³/mol. The molecule has 1 heterocycles.